The first-order valence-electron chi connectivity index (χ1n) is 18.6. The predicted molar refractivity (Wildman–Crippen MR) is 206 cm³/mol. The standard InChI is InChI=1S/C41H59N3O7S/c1-7-49-31(3)27-48-28-32-11-14-34(15-12-32)37-24-35(25-41(4,5)42)44(52(45,46)36-16-9-30(2)10-17-36)26-40(37)51-29-33-13-18-39-38(23-33)43(20-22-50-39)19-8-21-47-6/h9-18,23,31,35,37,40H,7-8,19-22,24-29,42H2,1-6H3/t31?,35-,37-,40+/m1/s1. The number of nitrogens with two attached hydrogens (primary N) is 1. The van der Waals surface area contributed by atoms with Gasteiger partial charge in [0.25, 0.3) is 0 Å². The second-order valence-electron chi connectivity index (χ2n) is 14.9. The van der Waals surface area contributed by atoms with Gasteiger partial charge in [-0.3, -0.25) is 0 Å². The van der Waals surface area contributed by atoms with Gasteiger partial charge in [-0.15, -0.1) is 0 Å². The Labute approximate surface area is 311 Å². The Bertz CT molecular complexity index is 1660. The van der Waals surface area contributed by atoms with E-state index in [1.165, 1.54) is 0 Å². The third kappa shape index (κ3) is 10.8. The largest absolute Gasteiger partial charge is 0.490 e. The van der Waals surface area contributed by atoms with Gasteiger partial charge >= 0.3 is 0 Å². The summed E-state index contributed by atoms with van der Waals surface area (Å²) in [4.78, 5) is 2.61. The Morgan fingerprint density at radius 3 is 2.44 bits per heavy atom. The first-order valence-corrected chi connectivity index (χ1v) is 20.1. The molecule has 0 spiro atoms. The average Bonchev–Trinajstić information content (AvgIpc) is 3.11. The molecule has 1 unspecified atom stereocenters. The summed E-state index contributed by atoms with van der Waals surface area (Å²) in [7, 11) is -2.12. The number of methoxy groups -OCH3 is 1. The van der Waals surface area contributed by atoms with E-state index in [0.717, 1.165) is 53.2 Å². The number of piperidine rings is 1. The average molecular weight is 738 g/mol. The van der Waals surface area contributed by atoms with E-state index in [0.29, 0.717) is 52.5 Å². The maximum atomic E-state index is 14.4. The first kappa shape index (κ1) is 40.2. The van der Waals surface area contributed by atoms with Crippen LogP contribution in [0.1, 0.15) is 75.1 Å². The van der Waals surface area contributed by atoms with Crippen LogP contribution in [0.15, 0.2) is 71.6 Å². The number of rotatable bonds is 18. The second kappa shape index (κ2) is 18.3. The summed E-state index contributed by atoms with van der Waals surface area (Å²) in [5, 5.41) is 0. The van der Waals surface area contributed by atoms with Crippen molar-refractivity contribution in [3.63, 3.8) is 0 Å². The molecule has 4 atom stereocenters. The molecule has 2 heterocycles. The van der Waals surface area contributed by atoms with Gasteiger partial charge in [-0.2, -0.15) is 4.31 Å². The van der Waals surface area contributed by atoms with Crippen LogP contribution >= 0.6 is 0 Å². The van der Waals surface area contributed by atoms with Gasteiger partial charge in [-0.25, -0.2) is 8.42 Å². The fraction of sp³-hybridized carbons (Fsp3) is 0.561. The molecule has 3 aromatic carbocycles. The van der Waals surface area contributed by atoms with Crippen molar-refractivity contribution in [3.8, 4) is 5.75 Å². The highest BCUT2D eigenvalue weighted by atomic mass is 32.2. The third-order valence-corrected chi connectivity index (χ3v) is 11.8. The van der Waals surface area contributed by atoms with E-state index in [2.05, 4.69) is 35.2 Å². The minimum absolute atomic E-state index is 0.0358. The van der Waals surface area contributed by atoms with Crippen molar-refractivity contribution < 1.29 is 32.1 Å². The van der Waals surface area contributed by atoms with Crippen molar-refractivity contribution >= 4 is 15.7 Å². The zero-order valence-electron chi connectivity index (χ0n) is 31.9. The minimum atomic E-state index is -3.84. The Balaban J connectivity index is 1.42. The van der Waals surface area contributed by atoms with Crippen molar-refractivity contribution in [1.82, 2.24) is 4.31 Å². The fourth-order valence-corrected chi connectivity index (χ4v) is 8.90. The molecule has 5 rings (SSSR count). The van der Waals surface area contributed by atoms with Crippen molar-refractivity contribution in [2.45, 2.75) is 102 Å². The lowest BCUT2D eigenvalue weighted by Gasteiger charge is -2.45. The molecule has 0 saturated carbocycles. The topological polar surface area (TPSA) is 113 Å². The zero-order valence-corrected chi connectivity index (χ0v) is 32.7. The van der Waals surface area contributed by atoms with Gasteiger partial charge in [0.1, 0.15) is 12.4 Å². The molecule has 1 saturated heterocycles. The van der Waals surface area contributed by atoms with Gasteiger partial charge < -0.3 is 34.3 Å². The molecule has 0 bridgehead atoms. The van der Waals surface area contributed by atoms with Crippen LogP contribution in [-0.2, 0) is 42.2 Å². The molecule has 2 aliphatic heterocycles. The summed E-state index contributed by atoms with van der Waals surface area (Å²) >= 11 is 0. The van der Waals surface area contributed by atoms with Crippen molar-refractivity contribution in [1.29, 1.82) is 0 Å². The summed E-state index contributed by atoms with van der Waals surface area (Å²) in [5.74, 6) is 0.804. The predicted octanol–water partition coefficient (Wildman–Crippen LogP) is 6.43. The molecule has 2 aliphatic rings. The van der Waals surface area contributed by atoms with E-state index in [1.54, 1.807) is 23.5 Å². The SMILES string of the molecule is CCOC(C)COCc1ccc([C@H]2C[C@H](CC(C)(C)N)N(S(=O)(=O)c3ccc(C)cc3)C[C@@H]2OCc2ccc3c(c2)N(CCCOC)CCO3)cc1. The van der Waals surface area contributed by atoms with Crippen LogP contribution in [0.4, 0.5) is 5.69 Å². The Morgan fingerprint density at radius 2 is 1.75 bits per heavy atom. The lowest BCUT2D eigenvalue weighted by molar-refractivity contribution is -0.0228. The number of anilines is 1. The fourth-order valence-electron chi connectivity index (χ4n) is 7.25. The molecule has 0 radical (unpaired) electrons. The highest BCUT2D eigenvalue weighted by Crippen LogP contribution is 2.40. The molecule has 1 fully saturated rings. The molecule has 10 nitrogen and oxygen atoms in total. The number of fused-ring (bicyclic) bond motifs is 1. The summed E-state index contributed by atoms with van der Waals surface area (Å²) < 4.78 is 60.0. The van der Waals surface area contributed by atoms with Crippen LogP contribution in [0.2, 0.25) is 0 Å². The number of sulfonamides is 1. The molecule has 3 aromatic rings. The van der Waals surface area contributed by atoms with Gasteiger partial charge in [0.2, 0.25) is 10.0 Å². The molecule has 0 amide bonds. The van der Waals surface area contributed by atoms with Crippen molar-refractivity contribution in [3.05, 3.63) is 89.0 Å². The summed E-state index contributed by atoms with van der Waals surface area (Å²) in [6.07, 6.45) is 1.63. The number of hydrogen-bond donors (Lipinski definition) is 1. The molecule has 286 valence electrons. The normalized spacial score (nSPS) is 20.4. The van der Waals surface area contributed by atoms with Crippen molar-refractivity contribution in [2.24, 2.45) is 5.73 Å². The zero-order chi connectivity index (χ0) is 37.3. The van der Waals surface area contributed by atoms with Gasteiger partial charge in [0.15, 0.2) is 0 Å². The number of hydrogen-bond acceptors (Lipinski definition) is 9. The Hall–Kier alpha value is -3.03. The summed E-state index contributed by atoms with van der Waals surface area (Å²) in [6.45, 7) is 15.1. The number of nitrogens with zero attached hydrogens (tertiary/aromatic N) is 2. The summed E-state index contributed by atoms with van der Waals surface area (Å²) in [5.41, 5.74) is 11.2. The maximum absolute atomic E-state index is 14.4. The third-order valence-electron chi connectivity index (χ3n) is 9.83. The molecular formula is C41H59N3O7S. The van der Waals surface area contributed by atoms with Crippen LogP contribution in [0.25, 0.3) is 0 Å². The van der Waals surface area contributed by atoms with Crippen LogP contribution in [0.3, 0.4) is 0 Å². The molecule has 0 aliphatic carbocycles. The van der Waals surface area contributed by atoms with Gasteiger partial charge in [-0.05, 0) is 94.8 Å². The van der Waals surface area contributed by atoms with Gasteiger partial charge in [0, 0.05) is 50.9 Å². The number of benzene rings is 3. The number of ether oxygens (including phenoxy) is 5. The molecule has 2 N–H and O–H groups in total. The monoisotopic (exact) mass is 737 g/mol. The van der Waals surface area contributed by atoms with E-state index in [9.17, 15) is 8.42 Å². The molecule has 0 aromatic heterocycles. The smallest absolute Gasteiger partial charge is 0.243 e. The van der Waals surface area contributed by atoms with Crippen LogP contribution in [0.5, 0.6) is 5.75 Å². The van der Waals surface area contributed by atoms with E-state index in [-0.39, 0.29) is 29.5 Å². The lowest BCUT2D eigenvalue weighted by atomic mass is 9.80. The molecular weight excluding hydrogens is 679 g/mol. The van der Waals surface area contributed by atoms with Gasteiger partial charge in [-0.1, -0.05) is 48.0 Å². The van der Waals surface area contributed by atoms with Gasteiger partial charge in [0.05, 0.1) is 49.2 Å². The Morgan fingerprint density at radius 1 is 1.02 bits per heavy atom. The highest BCUT2D eigenvalue weighted by Gasteiger charge is 2.44. The molecule has 52 heavy (non-hydrogen) atoms. The quantitative estimate of drug-likeness (QED) is 0.148. The summed E-state index contributed by atoms with van der Waals surface area (Å²) in [6, 6.07) is 21.4. The van der Waals surface area contributed by atoms with Crippen LogP contribution in [-0.4, -0.2) is 89.7 Å². The lowest BCUT2D eigenvalue weighted by Crippen LogP contribution is -2.55. The van der Waals surface area contributed by atoms with E-state index in [1.807, 2.05) is 58.9 Å². The van der Waals surface area contributed by atoms with E-state index in [4.69, 9.17) is 29.4 Å². The Kier molecular flexibility index (Phi) is 14.2. The molecule has 11 heteroatoms. The van der Waals surface area contributed by atoms with Crippen molar-refractivity contribution in [2.75, 3.05) is 58.1 Å². The second-order valence-corrected chi connectivity index (χ2v) is 16.8. The van der Waals surface area contributed by atoms with E-state index < -0.39 is 21.7 Å². The first-order chi connectivity index (χ1) is 24.9. The highest BCUT2D eigenvalue weighted by molar-refractivity contribution is 7.89. The maximum Gasteiger partial charge on any atom is 0.243 e. The number of aryl methyl sites for hydroxylation is 1. The van der Waals surface area contributed by atoms with Crippen LogP contribution in [0, 0.1) is 6.92 Å². The minimum Gasteiger partial charge on any atom is -0.490 e. The van der Waals surface area contributed by atoms with Crippen LogP contribution < -0.4 is 15.4 Å². The van der Waals surface area contributed by atoms with E-state index >= 15 is 0 Å².